The zero-order chi connectivity index (χ0) is 13.1. The molecule has 0 radical (unpaired) electrons. The van der Waals surface area contributed by atoms with Crippen LogP contribution in [0.3, 0.4) is 0 Å². The van der Waals surface area contributed by atoms with Crippen LogP contribution in [0.15, 0.2) is 55.1 Å². The summed E-state index contributed by atoms with van der Waals surface area (Å²) in [5.74, 6) is -1.01. The van der Waals surface area contributed by atoms with Gasteiger partial charge in [0, 0.05) is 6.08 Å². The Hall–Kier alpha value is -1.76. The van der Waals surface area contributed by atoms with Crippen LogP contribution < -0.4 is 28.7 Å². The Balaban J connectivity index is 0. The largest absolute Gasteiger partial charge is 1.00 e. The van der Waals surface area contributed by atoms with Crippen molar-refractivity contribution in [2.45, 2.75) is 6.92 Å². The summed E-state index contributed by atoms with van der Waals surface area (Å²) in [5, 5.41) is 9.14. The summed E-state index contributed by atoms with van der Waals surface area (Å²) in [4.78, 5) is 20.0. The van der Waals surface area contributed by atoms with Crippen LogP contribution in [0.1, 0.15) is 6.92 Å². The van der Waals surface area contributed by atoms with Gasteiger partial charge in [-0.1, -0.05) is 30.9 Å². The number of aliphatic carboxylic acids is 1. The number of hydrogen-bond acceptors (Lipinski definition) is 4. The molecule has 0 aliphatic heterocycles. The number of ether oxygens (including phenoxy) is 1. The Labute approximate surface area is 118 Å². The van der Waals surface area contributed by atoms with E-state index in [1.54, 1.807) is 25.1 Å². The maximum absolute atomic E-state index is 10.9. The number of allylic oxidation sites excluding steroid dienone is 1. The zero-order valence-electron chi connectivity index (χ0n) is 10.5. The van der Waals surface area contributed by atoms with E-state index in [9.17, 15) is 4.79 Å². The van der Waals surface area contributed by atoms with Crippen molar-refractivity contribution in [2.75, 3.05) is 0 Å². The fourth-order valence-corrected chi connectivity index (χ4v) is 0.775. The Morgan fingerprint density at radius 2 is 1.78 bits per heavy atom. The molecule has 0 fully saturated rings. The number of carbonyl (C=O) groups excluding carboxylic acids is 2. The minimum Gasteiger partial charge on any atom is -0.545 e. The molecule has 0 saturated heterocycles. The molecule has 18 heavy (non-hydrogen) atoms. The van der Waals surface area contributed by atoms with Crippen LogP contribution in [0.25, 0.3) is 0 Å². The van der Waals surface area contributed by atoms with Gasteiger partial charge in [-0.3, -0.25) is 0 Å². The molecular weight excluding hydrogens is 227 g/mol. The van der Waals surface area contributed by atoms with E-state index in [1.807, 2.05) is 18.2 Å². The molecule has 0 aliphatic rings. The van der Waals surface area contributed by atoms with Gasteiger partial charge in [0.2, 0.25) is 0 Å². The Bertz CT molecular complexity index is 399. The Morgan fingerprint density at radius 1 is 1.28 bits per heavy atom. The summed E-state index contributed by atoms with van der Waals surface area (Å²) < 4.78 is 4.93. The molecule has 0 heterocycles. The molecule has 5 heteroatoms. The van der Waals surface area contributed by atoms with E-state index in [4.69, 9.17) is 14.6 Å². The molecule has 0 bridgehead atoms. The number of benzene rings is 1. The molecular formula is C13H13LiO4. The predicted molar refractivity (Wildman–Crippen MR) is 62.1 cm³/mol. The van der Waals surface area contributed by atoms with Crippen molar-refractivity contribution in [1.82, 2.24) is 0 Å². The first-order valence-electron chi connectivity index (χ1n) is 4.83. The van der Waals surface area contributed by atoms with E-state index < -0.39 is 5.97 Å². The van der Waals surface area contributed by atoms with Crippen LogP contribution in [0.5, 0.6) is 5.75 Å². The van der Waals surface area contributed by atoms with Crippen LogP contribution in [-0.4, -0.2) is 11.9 Å². The topological polar surface area (TPSA) is 66.4 Å². The fraction of sp³-hybridized carbons (Fsp3) is 0.0769. The van der Waals surface area contributed by atoms with Gasteiger partial charge in [0.25, 0.3) is 0 Å². The molecule has 0 N–H and O–H groups in total. The Kier molecular flexibility index (Phi) is 12.1. The van der Waals surface area contributed by atoms with Gasteiger partial charge in [0.1, 0.15) is 5.75 Å². The summed E-state index contributed by atoms with van der Waals surface area (Å²) >= 11 is 0. The van der Waals surface area contributed by atoms with E-state index in [0.29, 0.717) is 5.75 Å². The third-order valence-corrected chi connectivity index (χ3v) is 1.43. The zero-order valence-corrected chi connectivity index (χ0v) is 10.5. The van der Waals surface area contributed by atoms with Crippen molar-refractivity contribution in [3.63, 3.8) is 0 Å². The second-order valence-electron chi connectivity index (χ2n) is 2.76. The first-order chi connectivity index (χ1) is 8.10. The normalized spacial score (nSPS) is 8.50. The van der Waals surface area contributed by atoms with Gasteiger partial charge < -0.3 is 14.6 Å². The maximum atomic E-state index is 10.9. The third-order valence-electron chi connectivity index (χ3n) is 1.43. The van der Waals surface area contributed by atoms with Crippen molar-refractivity contribution in [1.29, 1.82) is 0 Å². The smallest absolute Gasteiger partial charge is 0.545 e. The summed E-state index contributed by atoms with van der Waals surface area (Å²) in [5.41, 5.74) is 0. The second kappa shape index (κ2) is 11.7. The number of rotatable bonds is 3. The number of esters is 1. The van der Waals surface area contributed by atoms with Crippen LogP contribution in [0.4, 0.5) is 0 Å². The molecule has 1 rings (SSSR count). The molecule has 1 aromatic carbocycles. The molecule has 0 aliphatic carbocycles. The van der Waals surface area contributed by atoms with Gasteiger partial charge in [0.15, 0.2) is 0 Å². The SMILES string of the molecule is C/C=C/C(=O)Oc1ccccc1.C=CC(=O)[O-].[Li+]. The van der Waals surface area contributed by atoms with Crippen molar-refractivity contribution in [3.8, 4) is 5.75 Å². The number of carboxylic acid groups (broad SMARTS) is 1. The number of hydrogen-bond donors (Lipinski definition) is 0. The van der Waals surface area contributed by atoms with Gasteiger partial charge in [-0.25, -0.2) is 4.79 Å². The summed E-state index contributed by atoms with van der Waals surface area (Å²) in [6, 6.07) is 8.98. The molecule has 0 atom stereocenters. The van der Waals surface area contributed by atoms with Gasteiger partial charge in [-0.05, 0) is 25.1 Å². The second-order valence-corrected chi connectivity index (χ2v) is 2.76. The van der Waals surface area contributed by atoms with Crippen LogP contribution in [0.2, 0.25) is 0 Å². The van der Waals surface area contributed by atoms with E-state index in [1.165, 1.54) is 6.08 Å². The molecule has 0 saturated carbocycles. The number of carbonyl (C=O) groups is 2. The summed E-state index contributed by atoms with van der Waals surface area (Å²) in [6.07, 6.45) is 3.75. The molecule has 0 amide bonds. The van der Waals surface area contributed by atoms with Crippen molar-refractivity contribution >= 4 is 11.9 Å². The molecule has 0 aromatic heterocycles. The van der Waals surface area contributed by atoms with Gasteiger partial charge >= 0.3 is 24.8 Å². The van der Waals surface area contributed by atoms with Crippen molar-refractivity contribution in [3.05, 3.63) is 55.1 Å². The van der Waals surface area contributed by atoms with E-state index in [-0.39, 0.29) is 24.8 Å². The van der Waals surface area contributed by atoms with E-state index in [0.717, 1.165) is 6.08 Å². The quantitative estimate of drug-likeness (QED) is 0.268. The molecule has 90 valence electrons. The average molecular weight is 240 g/mol. The van der Waals surface area contributed by atoms with E-state index >= 15 is 0 Å². The molecule has 4 nitrogen and oxygen atoms in total. The number of carboxylic acids is 1. The summed E-state index contributed by atoms with van der Waals surface area (Å²) in [6.45, 7) is 4.67. The number of para-hydroxylation sites is 1. The third kappa shape index (κ3) is 10.7. The van der Waals surface area contributed by atoms with Crippen LogP contribution >= 0.6 is 0 Å². The first kappa shape index (κ1) is 18.6. The van der Waals surface area contributed by atoms with Gasteiger partial charge in [-0.15, -0.1) is 0 Å². The van der Waals surface area contributed by atoms with Crippen LogP contribution in [0, 0.1) is 0 Å². The van der Waals surface area contributed by atoms with Crippen molar-refractivity contribution < 1.29 is 38.3 Å². The summed E-state index contributed by atoms with van der Waals surface area (Å²) in [7, 11) is 0. The minimum absolute atomic E-state index is 0. The van der Waals surface area contributed by atoms with Gasteiger partial charge in [0.05, 0.1) is 5.97 Å². The predicted octanol–water partition coefficient (Wildman–Crippen LogP) is -1.91. The first-order valence-corrected chi connectivity index (χ1v) is 4.83. The van der Waals surface area contributed by atoms with Crippen LogP contribution in [-0.2, 0) is 9.59 Å². The monoisotopic (exact) mass is 240 g/mol. The van der Waals surface area contributed by atoms with Gasteiger partial charge in [-0.2, -0.15) is 0 Å². The standard InChI is InChI=1S/C10H10O2.C3H4O2.Li/c1-2-6-10(11)12-9-7-4-3-5-8-9;1-2-3(4)5;/h2-8H,1H3;2H,1H2,(H,4,5);/q;;+1/p-1/b6-2+;;. The molecule has 0 spiro atoms. The van der Waals surface area contributed by atoms with Crippen molar-refractivity contribution in [2.24, 2.45) is 0 Å². The maximum Gasteiger partial charge on any atom is 1.00 e. The molecule has 0 unspecified atom stereocenters. The fourth-order valence-electron chi connectivity index (χ4n) is 0.775. The molecule has 1 aromatic rings. The minimum atomic E-state index is -1.23. The van der Waals surface area contributed by atoms with E-state index in [2.05, 4.69) is 6.58 Å². The average Bonchev–Trinajstić information content (AvgIpc) is 2.31. The Morgan fingerprint density at radius 3 is 2.17 bits per heavy atom.